The van der Waals surface area contributed by atoms with Gasteiger partial charge in [0.05, 0.1) is 6.42 Å². The third-order valence-electron chi connectivity index (χ3n) is 3.27. The van der Waals surface area contributed by atoms with E-state index in [-0.39, 0.29) is 12.3 Å². The van der Waals surface area contributed by atoms with Gasteiger partial charge >= 0.3 is 5.97 Å². The molecule has 98 valence electrons. The molecule has 4 nitrogen and oxygen atoms in total. The molecule has 1 aliphatic heterocycles. The van der Waals surface area contributed by atoms with Crippen molar-refractivity contribution >= 4 is 11.9 Å². The maximum absolute atomic E-state index is 12.1. The van der Waals surface area contributed by atoms with Gasteiger partial charge in [0.2, 0.25) is 5.91 Å². The van der Waals surface area contributed by atoms with Gasteiger partial charge in [-0.3, -0.25) is 9.59 Å². The van der Waals surface area contributed by atoms with Gasteiger partial charge in [-0.2, -0.15) is 0 Å². The number of piperidine rings is 1. The predicted molar refractivity (Wildman–Crippen MR) is 65.6 cm³/mol. The second kappa shape index (κ2) is 5.52. The summed E-state index contributed by atoms with van der Waals surface area (Å²) in [5.41, 5.74) is -0.455. The van der Waals surface area contributed by atoms with E-state index < -0.39 is 11.4 Å². The number of amides is 1. The molecule has 0 aliphatic carbocycles. The van der Waals surface area contributed by atoms with Crippen LogP contribution in [0.4, 0.5) is 0 Å². The van der Waals surface area contributed by atoms with Gasteiger partial charge in [0.25, 0.3) is 0 Å². The van der Waals surface area contributed by atoms with Gasteiger partial charge in [0.15, 0.2) is 0 Å². The molecule has 1 heterocycles. The van der Waals surface area contributed by atoms with Crippen LogP contribution in [-0.2, 0) is 9.59 Å². The average molecular weight is 241 g/mol. The van der Waals surface area contributed by atoms with Gasteiger partial charge < -0.3 is 10.0 Å². The van der Waals surface area contributed by atoms with Crippen LogP contribution >= 0.6 is 0 Å². The molecule has 1 amide bonds. The molecule has 0 aromatic rings. The number of carboxylic acid groups (broad SMARTS) is 1. The second-order valence-corrected chi connectivity index (χ2v) is 6.00. The lowest BCUT2D eigenvalue weighted by molar-refractivity contribution is -0.141. The summed E-state index contributed by atoms with van der Waals surface area (Å²) in [5.74, 6) is -0.173. The molecule has 0 radical (unpaired) electrons. The van der Waals surface area contributed by atoms with Crippen molar-refractivity contribution in [1.82, 2.24) is 4.90 Å². The molecular weight excluding hydrogens is 218 g/mol. The monoisotopic (exact) mass is 241 g/mol. The summed E-state index contributed by atoms with van der Waals surface area (Å²) >= 11 is 0. The summed E-state index contributed by atoms with van der Waals surface area (Å²) in [6.45, 7) is 7.48. The highest BCUT2D eigenvalue weighted by Crippen LogP contribution is 2.27. The number of carboxylic acids is 1. The molecule has 1 fully saturated rings. The van der Waals surface area contributed by atoms with Gasteiger partial charge in [-0.15, -0.1) is 0 Å². The largest absolute Gasteiger partial charge is 0.481 e. The molecule has 0 aromatic carbocycles. The Morgan fingerprint density at radius 1 is 1.35 bits per heavy atom. The molecule has 17 heavy (non-hydrogen) atoms. The lowest BCUT2D eigenvalue weighted by Gasteiger charge is -2.33. The van der Waals surface area contributed by atoms with Crippen molar-refractivity contribution in [3.8, 4) is 0 Å². The molecular formula is C13H23NO3. The number of hydrogen-bond acceptors (Lipinski definition) is 2. The van der Waals surface area contributed by atoms with Crippen LogP contribution in [0.15, 0.2) is 0 Å². The van der Waals surface area contributed by atoms with Gasteiger partial charge in [0.1, 0.15) is 0 Å². The number of nitrogens with zero attached hydrogens (tertiary/aromatic N) is 1. The van der Waals surface area contributed by atoms with Crippen molar-refractivity contribution in [3.05, 3.63) is 0 Å². The molecule has 1 aliphatic rings. The van der Waals surface area contributed by atoms with Crippen LogP contribution < -0.4 is 0 Å². The summed E-state index contributed by atoms with van der Waals surface area (Å²) in [7, 11) is 0. The normalized spacial score (nSPS) is 21.4. The second-order valence-electron chi connectivity index (χ2n) is 6.00. The maximum atomic E-state index is 12.1. The molecule has 1 rings (SSSR count). The summed E-state index contributed by atoms with van der Waals surface area (Å²) in [4.78, 5) is 24.7. The predicted octanol–water partition coefficient (Wildman–Crippen LogP) is 2.14. The summed E-state index contributed by atoms with van der Waals surface area (Å²) in [5, 5.41) is 8.79. The highest BCUT2D eigenvalue weighted by Gasteiger charge is 2.29. The Labute approximate surface area is 103 Å². The lowest BCUT2D eigenvalue weighted by Crippen LogP contribution is -2.41. The fourth-order valence-electron chi connectivity index (χ4n) is 2.41. The van der Waals surface area contributed by atoms with E-state index in [1.54, 1.807) is 0 Å². The van der Waals surface area contributed by atoms with Crippen molar-refractivity contribution in [2.75, 3.05) is 13.1 Å². The minimum Gasteiger partial charge on any atom is -0.481 e. The first-order chi connectivity index (χ1) is 7.80. The van der Waals surface area contributed by atoms with E-state index in [0.717, 1.165) is 19.5 Å². The van der Waals surface area contributed by atoms with Gasteiger partial charge in [-0.25, -0.2) is 0 Å². The molecule has 0 aromatic heterocycles. The van der Waals surface area contributed by atoms with Crippen LogP contribution in [0, 0.1) is 11.3 Å². The Kier molecular flexibility index (Phi) is 4.54. The lowest BCUT2D eigenvalue weighted by atomic mass is 9.85. The minimum atomic E-state index is -0.838. The molecule has 1 saturated heterocycles. The van der Waals surface area contributed by atoms with Gasteiger partial charge in [0, 0.05) is 19.5 Å². The summed E-state index contributed by atoms with van der Waals surface area (Å²) < 4.78 is 0. The Hall–Kier alpha value is -1.06. The van der Waals surface area contributed by atoms with Crippen LogP contribution in [0.25, 0.3) is 0 Å². The first-order valence-corrected chi connectivity index (χ1v) is 6.30. The number of likely N-dealkylation sites (tertiary alicyclic amines) is 1. The summed E-state index contributed by atoms with van der Waals surface area (Å²) in [6.07, 6.45) is 2.61. The van der Waals surface area contributed by atoms with Crippen molar-refractivity contribution in [2.24, 2.45) is 11.3 Å². The molecule has 0 spiro atoms. The standard InChI is InChI=1S/C13H23NO3/c1-10-5-4-6-14(9-10)11(15)7-13(2,3)8-12(16)17/h10H,4-9H2,1-3H3,(H,16,17). The van der Waals surface area contributed by atoms with E-state index in [9.17, 15) is 9.59 Å². The molecule has 0 bridgehead atoms. The van der Waals surface area contributed by atoms with Crippen molar-refractivity contribution in [2.45, 2.75) is 46.5 Å². The minimum absolute atomic E-state index is 0.0438. The van der Waals surface area contributed by atoms with Gasteiger partial charge in [-0.1, -0.05) is 20.8 Å². The topological polar surface area (TPSA) is 57.6 Å². The number of rotatable bonds is 4. The summed E-state index contributed by atoms with van der Waals surface area (Å²) in [6, 6.07) is 0. The zero-order valence-electron chi connectivity index (χ0n) is 11.0. The first-order valence-electron chi connectivity index (χ1n) is 6.30. The molecule has 0 saturated carbocycles. The van der Waals surface area contributed by atoms with Gasteiger partial charge in [-0.05, 0) is 24.2 Å². The number of carbonyl (C=O) groups is 2. The third kappa shape index (κ3) is 4.75. The fraction of sp³-hybridized carbons (Fsp3) is 0.846. The van der Waals surface area contributed by atoms with E-state index >= 15 is 0 Å². The van der Waals surface area contributed by atoms with Crippen molar-refractivity contribution in [3.63, 3.8) is 0 Å². The molecule has 1 atom stereocenters. The third-order valence-corrected chi connectivity index (χ3v) is 3.27. The van der Waals surface area contributed by atoms with E-state index in [1.807, 2.05) is 18.7 Å². The fourth-order valence-corrected chi connectivity index (χ4v) is 2.41. The number of carbonyl (C=O) groups excluding carboxylic acids is 1. The van der Waals surface area contributed by atoms with Crippen LogP contribution in [0.2, 0.25) is 0 Å². The zero-order valence-corrected chi connectivity index (χ0v) is 11.0. The number of hydrogen-bond donors (Lipinski definition) is 1. The Bertz CT molecular complexity index is 299. The van der Waals surface area contributed by atoms with Crippen LogP contribution in [0.5, 0.6) is 0 Å². The Morgan fingerprint density at radius 2 is 2.00 bits per heavy atom. The molecule has 4 heteroatoms. The first kappa shape index (κ1) is 14.0. The van der Waals surface area contributed by atoms with Crippen LogP contribution in [0.3, 0.4) is 0 Å². The van der Waals surface area contributed by atoms with Crippen LogP contribution in [-0.4, -0.2) is 35.0 Å². The van der Waals surface area contributed by atoms with E-state index in [1.165, 1.54) is 6.42 Å². The molecule has 1 N–H and O–H groups in total. The maximum Gasteiger partial charge on any atom is 0.303 e. The smallest absolute Gasteiger partial charge is 0.303 e. The van der Waals surface area contributed by atoms with E-state index in [0.29, 0.717) is 12.3 Å². The van der Waals surface area contributed by atoms with Crippen molar-refractivity contribution < 1.29 is 14.7 Å². The van der Waals surface area contributed by atoms with Crippen LogP contribution in [0.1, 0.15) is 46.5 Å². The highest BCUT2D eigenvalue weighted by molar-refractivity contribution is 5.78. The Morgan fingerprint density at radius 3 is 2.53 bits per heavy atom. The Balaban J connectivity index is 2.50. The molecule has 1 unspecified atom stereocenters. The van der Waals surface area contributed by atoms with E-state index in [2.05, 4.69) is 6.92 Å². The highest BCUT2D eigenvalue weighted by atomic mass is 16.4. The van der Waals surface area contributed by atoms with Crippen molar-refractivity contribution in [1.29, 1.82) is 0 Å². The SMILES string of the molecule is CC1CCCN(C(=O)CC(C)(C)CC(=O)O)C1. The zero-order chi connectivity index (χ0) is 13.1. The average Bonchev–Trinajstić information content (AvgIpc) is 2.14. The van der Waals surface area contributed by atoms with E-state index in [4.69, 9.17) is 5.11 Å². The quantitative estimate of drug-likeness (QED) is 0.820. The number of aliphatic carboxylic acids is 1.